The van der Waals surface area contributed by atoms with Crippen LogP contribution in [0.1, 0.15) is 96.6 Å². The number of fused-ring (bicyclic) bond motifs is 5. The van der Waals surface area contributed by atoms with Crippen molar-refractivity contribution >= 4 is 40.3 Å². The van der Waals surface area contributed by atoms with Gasteiger partial charge in [0.05, 0.1) is 5.69 Å². The van der Waals surface area contributed by atoms with Crippen molar-refractivity contribution in [3.63, 3.8) is 0 Å². The molecule has 0 N–H and O–H groups in total. The molecule has 0 saturated heterocycles. The zero-order valence-electron chi connectivity index (χ0n) is 28.9. The Hall–Kier alpha value is -4.11. The Kier molecular flexibility index (Phi) is 6.03. The van der Waals surface area contributed by atoms with Gasteiger partial charge in [-0.3, -0.25) is 4.90 Å². The molecule has 5 aromatic rings. The number of benzene rings is 4. The molecule has 0 spiro atoms. The van der Waals surface area contributed by atoms with E-state index in [2.05, 4.69) is 158 Å². The maximum atomic E-state index is 5.30. The van der Waals surface area contributed by atoms with Gasteiger partial charge in [0.2, 0.25) is 6.71 Å². The highest BCUT2D eigenvalue weighted by atomic mass is 15.2. The predicted octanol–water partition coefficient (Wildman–Crippen LogP) is 8.94. The van der Waals surface area contributed by atoms with Gasteiger partial charge in [-0.1, -0.05) is 135 Å². The largest absolute Gasteiger partial charge is 0.295 e. The molecule has 2 aliphatic heterocycles. The Bertz CT molecular complexity index is 2040. The molecule has 3 aliphatic rings. The average molecular weight is 601 g/mol. The number of rotatable bonds is 2. The molecule has 1 aromatic heterocycles. The third-order valence-electron chi connectivity index (χ3n) is 11.3. The van der Waals surface area contributed by atoms with Crippen molar-refractivity contribution in [2.75, 3.05) is 4.90 Å². The van der Waals surface area contributed by atoms with E-state index in [9.17, 15) is 0 Å². The first-order valence-electron chi connectivity index (χ1n) is 17.0. The molecule has 1 aliphatic carbocycles. The van der Waals surface area contributed by atoms with Crippen molar-refractivity contribution in [3.8, 4) is 11.1 Å². The Labute approximate surface area is 276 Å². The molecule has 4 aromatic carbocycles. The molecule has 46 heavy (non-hydrogen) atoms. The van der Waals surface area contributed by atoms with Crippen LogP contribution in [0.3, 0.4) is 0 Å². The second kappa shape index (κ2) is 9.47. The highest BCUT2D eigenvalue weighted by Gasteiger charge is 2.48. The highest BCUT2D eigenvalue weighted by Crippen LogP contribution is 2.54. The molecule has 3 heterocycles. The molecule has 2 nitrogen and oxygen atoms in total. The van der Waals surface area contributed by atoms with Crippen LogP contribution in [0.4, 0.5) is 17.2 Å². The fourth-order valence-corrected chi connectivity index (χ4v) is 9.26. The van der Waals surface area contributed by atoms with Gasteiger partial charge in [0.15, 0.2) is 0 Å². The van der Waals surface area contributed by atoms with Crippen molar-refractivity contribution in [1.82, 2.24) is 4.98 Å². The summed E-state index contributed by atoms with van der Waals surface area (Å²) in [6.45, 7) is 21.5. The van der Waals surface area contributed by atoms with E-state index in [4.69, 9.17) is 4.98 Å². The van der Waals surface area contributed by atoms with Crippen molar-refractivity contribution in [3.05, 3.63) is 125 Å². The van der Waals surface area contributed by atoms with Crippen LogP contribution < -0.4 is 21.3 Å². The normalized spacial score (nSPS) is 18.0. The number of nitrogens with zero attached hydrogens (tertiary/aromatic N) is 2. The molecule has 0 atom stereocenters. The lowest BCUT2D eigenvalue weighted by molar-refractivity contribution is 0.403. The summed E-state index contributed by atoms with van der Waals surface area (Å²) >= 11 is 0. The average Bonchev–Trinajstić information content (AvgIpc) is 3.20. The Morgan fingerprint density at radius 3 is 2.04 bits per heavy atom. The van der Waals surface area contributed by atoms with E-state index < -0.39 is 0 Å². The van der Waals surface area contributed by atoms with Crippen molar-refractivity contribution in [2.45, 2.75) is 90.4 Å². The SMILES string of the molecule is CC(C)(C)c1ccc2c(c1)B1c3ccccc3C(C)(C)c3ccnc(c31)N2c1cc2c(cc1-c1ccccc1)C(C)(C)CC2(C)C. The lowest BCUT2D eigenvalue weighted by atomic mass is 9.30. The molecular formula is C43H45BN2. The first-order valence-corrected chi connectivity index (χ1v) is 17.0. The minimum atomic E-state index is -0.142. The van der Waals surface area contributed by atoms with Crippen LogP contribution in [0.2, 0.25) is 0 Å². The predicted molar refractivity (Wildman–Crippen MR) is 197 cm³/mol. The minimum absolute atomic E-state index is 0.0315. The zero-order valence-corrected chi connectivity index (χ0v) is 28.9. The molecular weight excluding hydrogens is 555 g/mol. The van der Waals surface area contributed by atoms with E-state index in [0.717, 1.165) is 12.2 Å². The van der Waals surface area contributed by atoms with Crippen LogP contribution in [0.25, 0.3) is 11.1 Å². The Morgan fingerprint density at radius 1 is 0.652 bits per heavy atom. The standard InChI is InChI=1S/C43H45BN2/c1-40(2,3)28-19-20-36-35(23-28)44-34-18-14-13-17-30(34)43(8,9)31-21-22-45-39(38(31)44)46(36)37-25-33-32(41(4,5)26-42(33,6)7)24-29(37)27-15-11-10-12-16-27/h10-25H,26H2,1-9H3. The van der Waals surface area contributed by atoms with Gasteiger partial charge < -0.3 is 0 Å². The zero-order chi connectivity index (χ0) is 32.4. The van der Waals surface area contributed by atoms with Gasteiger partial charge in [0, 0.05) is 22.9 Å². The van der Waals surface area contributed by atoms with Gasteiger partial charge >= 0.3 is 0 Å². The van der Waals surface area contributed by atoms with Gasteiger partial charge in [0.1, 0.15) is 5.82 Å². The molecule has 0 radical (unpaired) electrons. The number of anilines is 3. The van der Waals surface area contributed by atoms with E-state index >= 15 is 0 Å². The molecule has 0 amide bonds. The molecule has 8 rings (SSSR count). The van der Waals surface area contributed by atoms with E-state index in [1.54, 1.807) is 0 Å². The van der Waals surface area contributed by atoms with Crippen LogP contribution in [0, 0.1) is 0 Å². The van der Waals surface area contributed by atoms with E-state index in [0.29, 0.717) is 0 Å². The lowest BCUT2D eigenvalue weighted by Crippen LogP contribution is -2.64. The number of aromatic nitrogens is 1. The fraction of sp³-hybridized carbons (Fsp3) is 0.326. The number of pyridine rings is 1. The van der Waals surface area contributed by atoms with Crippen molar-refractivity contribution in [1.29, 1.82) is 0 Å². The van der Waals surface area contributed by atoms with Crippen molar-refractivity contribution in [2.24, 2.45) is 0 Å². The van der Waals surface area contributed by atoms with Gasteiger partial charge in [-0.05, 0) is 91.2 Å². The molecule has 0 saturated carbocycles. The summed E-state index contributed by atoms with van der Waals surface area (Å²) in [5.74, 6) is 1.06. The number of hydrogen-bond acceptors (Lipinski definition) is 2. The molecule has 230 valence electrons. The third-order valence-corrected chi connectivity index (χ3v) is 11.3. The maximum Gasteiger partial charge on any atom is 0.249 e. The van der Waals surface area contributed by atoms with Crippen LogP contribution in [0.15, 0.2) is 97.2 Å². The molecule has 0 unspecified atom stereocenters. The summed E-state index contributed by atoms with van der Waals surface area (Å²) in [6, 6.07) is 34.7. The van der Waals surface area contributed by atoms with Crippen LogP contribution >= 0.6 is 0 Å². The van der Waals surface area contributed by atoms with Gasteiger partial charge in [-0.15, -0.1) is 0 Å². The molecule has 0 bridgehead atoms. The van der Waals surface area contributed by atoms with Crippen LogP contribution in [-0.4, -0.2) is 11.7 Å². The van der Waals surface area contributed by atoms with Gasteiger partial charge in [-0.25, -0.2) is 4.98 Å². The summed E-state index contributed by atoms with van der Waals surface area (Å²) in [6.07, 6.45) is 3.18. The smallest absolute Gasteiger partial charge is 0.249 e. The van der Waals surface area contributed by atoms with Crippen molar-refractivity contribution < 1.29 is 0 Å². The van der Waals surface area contributed by atoms with Gasteiger partial charge in [0.25, 0.3) is 0 Å². The summed E-state index contributed by atoms with van der Waals surface area (Å²) in [4.78, 5) is 7.82. The Balaban J connectivity index is 1.50. The lowest BCUT2D eigenvalue weighted by Gasteiger charge is -2.45. The fourth-order valence-electron chi connectivity index (χ4n) is 9.26. The quantitative estimate of drug-likeness (QED) is 0.185. The van der Waals surface area contributed by atoms with E-state index in [1.807, 2.05) is 6.20 Å². The second-order valence-electron chi connectivity index (χ2n) is 16.8. The summed E-state index contributed by atoms with van der Waals surface area (Å²) in [5, 5.41) is 0. The first-order chi connectivity index (χ1) is 21.7. The monoisotopic (exact) mass is 600 g/mol. The Morgan fingerprint density at radius 2 is 1.33 bits per heavy atom. The summed E-state index contributed by atoms with van der Waals surface area (Å²) < 4.78 is 0. The van der Waals surface area contributed by atoms with Gasteiger partial charge in [-0.2, -0.15) is 0 Å². The van der Waals surface area contributed by atoms with Crippen LogP contribution in [0.5, 0.6) is 0 Å². The van der Waals surface area contributed by atoms with Crippen LogP contribution in [-0.2, 0) is 21.7 Å². The highest BCUT2D eigenvalue weighted by molar-refractivity contribution is 6.99. The first kappa shape index (κ1) is 29.3. The topological polar surface area (TPSA) is 16.1 Å². The number of hydrogen-bond donors (Lipinski definition) is 0. The second-order valence-corrected chi connectivity index (χ2v) is 16.8. The minimum Gasteiger partial charge on any atom is -0.295 e. The summed E-state index contributed by atoms with van der Waals surface area (Å²) in [7, 11) is 0. The molecule has 0 fully saturated rings. The third kappa shape index (κ3) is 4.06. The van der Waals surface area contributed by atoms with E-state index in [-0.39, 0.29) is 28.4 Å². The maximum absolute atomic E-state index is 5.30. The molecule has 3 heteroatoms. The summed E-state index contributed by atoms with van der Waals surface area (Å²) in [5.41, 5.74) is 16.2. The van der Waals surface area contributed by atoms with E-state index in [1.165, 1.54) is 66.7 Å².